The van der Waals surface area contributed by atoms with E-state index >= 15 is 0 Å². The molecule has 1 unspecified atom stereocenters. The maximum Gasteiger partial charge on any atom is 0.323 e. The van der Waals surface area contributed by atoms with Crippen molar-refractivity contribution >= 4 is 11.9 Å². The summed E-state index contributed by atoms with van der Waals surface area (Å²) < 4.78 is 0. The topological polar surface area (TPSA) is 57.6 Å². The predicted molar refractivity (Wildman–Crippen MR) is 67.7 cm³/mol. The number of carbonyl (C=O) groups is 2. The van der Waals surface area contributed by atoms with E-state index in [9.17, 15) is 9.59 Å². The van der Waals surface area contributed by atoms with E-state index in [1.807, 2.05) is 13.8 Å². The molecular formula is C13H25NO3. The van der Waals surface area contributed by atoms with Gasteiger partial charge in [-0.2, -0.15) is 0 Å². The molecule has 0 aromatic rings. The molecular weight excluding hydrogens is 218 g/mol. The highest BCUT2D eigenvalue weighted by Gasteiger charge is 2.23. The van der Waals surface area contributed by atoms with E-state index in [2.05, 4.69) is 20.8 Å². The Bertz CT molecular complexity index is 261. The van der Waals surface area contributed by atoms with E-state index < -0.39 is 5.97 Å². The maximum absolute atomic E-state index is 12.1. The summed E-state index contributed by atoms with van der Waals surface area (Å²) in [6.45, 7) is 9.74. The van der Waals surface area contributed by atoms with E-state index in [-0.39, 0.29) is 18.5 Å². The first-order valence-corrected chi connectivity index (χ1v) is 6.30. The molecule has 1 amide bonds. The third-order valence-corrected chi connectivity index (χ3v) is 3.15. The molecule has 100 valence electrons. The van der Waals surface area contributed by atoms with Crippen molar-refractivity contribution in [3.63, 3.8) is 0 Å². The molecule has 17 heavy (non-hydrogen) atoms. The zero-order chi connectivity index (χ0) is 13.6. The first-order chi connectivity index (χ1) is 7.79. The molecule has 0 rings (SSSR count). The number of carbonyl (C=O) groups excluding carboxylic acids is 1. The van der Waals surface area contributed by atoms with E-state index in [0.717, 1.165) is 6.42 Å². The van der Waals surface area contributed by atoms with Crippen molar-refractivity contribution in [2.45, 2.75) is 53.5 Å². The summed E-state index contributed by atoms with van der Waals surface area (Å²) in [4.78, 5) is 24.2. The van der Waals surface area contributed by atoms with E-state index in [4.69, 9.17) is 5.11 Å². The van der Waals surface area contributed by atoms with Crippen molar-refractivity contribution in [1.82, 2.24) is 4.90 Å². The van der Waals surface area contributed by atoms with Crippen LogP contribution < -0.4 is 0 Å². The Morgan fingerprint density at radius 2 is 1.71 bits per heavy atom. The van der Waals surface area contributed by atoms with Gasteiger partial charge in [-0.05, 0) is 25.7 Å². The highest BCUT2D eigenvalue weighted by Crippen LogP contribution is 2.20. The molecule has 0 saturated carbocycles. The van der Waals surface area contributed by atoms with Crippen LogP contribution in [0.2, 0.25) is 0 Å². The second kappa shape index (κ2) is 7.30. The number of hydrogen-bond acceptors (Lipinski definition) is 2. The first kappa shape index (κ1) is 15.9. The van der Waals surface area contributed by atoms with Crippen molar-refractivity contribution in [1.29, 1.82) is 0 Å². The van der Waals surface area contributed by atoms with Gasteiger partial charge < -0.3 is 10.0 Å². The van der Waals surface area contributed by atoms with Crippen molar-refractivity contribution in [3.05, 3.63) is 0 Å². The summed E-state index contributed by atoms with van der Waals surface area (Å²) in [5.41, 5.74) is 0. The number of carboxylic acid groups (broad SMARTS) is 1. The van der Waals surface area contributed by atoms with E-state index in [1.165, 1.54) is 4.90 Å². The Hall–Kier alpha value is -1.06. The largest absolute Gasteiger partial charge is 0.480 e. The number of rotatable bonds is 7. The van der Waals surface area contributed by atoms with E-state index in [1.54, 1.807) is 0 Å². The molecule has 4 nitrogen and oxygen atoms in total. The smallest absolute Gasteiger partial charge is 0.323 e. The van der Waals surface area contributed by atoms with Gasteiger partial charge in [-0.15, -0.1) is 0 Å². The molecule has 0 saturated heterocycles. The molecule has 0 fully saturated rings. The predicted octanol–water partition coefficient (Wildman–Crippen LogP) is 2.38. The van der Waals surface area contributed by atoms with Crippen molar-refractivity contribution in [2.24, 2.45) is 11.8 Å². The summed E-state index contributed by atoms with van der Waals surface area (Å²) in [5, 5.41) is 8.79. The normalized spacial score (nSPS) is 12.9. The molecule has 1 N–H and O–H groups in total. The Balaban J connectivity index is 4.56. The molecule has 0 radical (unpaired) electrons. The van der Waals surface area contributed by atoms with Crippen molar-refractivity contribution < 1.29 is 14.7 Å². The van der Waals surface area contributed by atoms with Gasteiger partial charge in [0.15, 0.2) is 0 Å². The van der Waals surface area contributed by atoms with Gasteiger partial charge in [0.25, 0.3) is 0 Å². The van der Waals surface area contributed by atoms with E-state index in [0.29, 0.717) is 18.3 Å². The fourth-order valence-electron chi connectivity index (χ4n) is 1.90. The van der Waals surface area contributed by atoms with Crippen LogP contribution >= 0.6 is 0 Å². The van der Waals surface area contributed by atoms with Crippen LogP contribution in [0.5, 0.6) is 0 Å². The SMILES string of the molecule is CCC(CC(=O)N(CC(=O)O)C(C)C)C(C)C. The average Bonchev–Trinajstić information content (AvgIpc) is 2.20. The van der Waals surface area contributed by atoms with Crippen LogP contribution in [0.25, 0.3) is 0 Å². The molecule has 0 spiro atoms. The van der Waals surface area contributed by atoms with Gasteiger partial charge in [0.1, 0.15) is 6.54 Å². The van der Waals surface area contributed by atoms with Gasteiger partial charge in [-0.1, -0.05) is 27.2 Å². The zero-order valence-electron chi connectivity index (χ0n) is 11.6. The minimum absolute atomic E-state index is 0.0528. The lowest BCUT2D eigenvalue weighted by atomic mass is 9.89. The molecule has 0 aliphatic heterocycles. The second-order valence-corrected chi connectivity index (χ2v) is 5.13. The van der Waals surface area contributed by atoms with Crippen LogP contribution in [0.3, 0.4) is 0 Å². The van der Waals surface area contributed by atoms with Gasteiger partial charge in [-0.3, -0.25) is 9.59 Å². The van der Waals surface area contributed by atoms with Crippen LogP contribution in [0.15, 0.2) is 0 Å². The summed E-state index contributed by atoms with van der Waals surface area (Å²) in [6, 6.07) is -0.0664. The lowest BCUT2D eigenvalue weighted by Crippen LogP contribution is -2.41. The number of nitrogens with zero attached hydrogens (tertiary/aromatic N) is 1. The summed E-state index contributed by atoms with van der Waals surface area (Å²) >= 11 is 0. The lowest BCUT2D eigenvalue weighted by Gasteiger charge is -2.28. The van der Waals surface area contributed by atoms with Gasteiger partial charge in [-0.25, -0.2) is 0 Å². The average molecular weight is 243 g/mol. The fourth-order valence-corrected chi connectivity index (χ4v) is 1.90. The highest BCUT2D eigenvalue weighted by molar-refractivity contribution is 5.81. The number of carboxylic acids is 1. The molecule has 0 aromatic carbocycles. The van der Waals surface area contributed by atoms with Crippen molar-refractivity contribution in [3.8, 4) is 0 Å². The molecule has 1 atom stereocenters. The molecule has 0 aliphatic carbocycles. The molecule has 0 aromatic heterocycles. The molecule has 0 heterocycles. The van der Waals surface area contributed by atoms with Gasteiger partial charge in [0.2, 0.25) is 5.91 Å². The Morgan fingerprint density at radius 3 is 2.00 bits per heavy atom. The third kappa shape index (κ3) is 5.71. The zero-order valence-corrected chi connectivity index (χ0v) is 11.6. The summed E-state index contributed by atoms with van der Waals surface area (Å²) in [7, 11) is 0. The maximum atomic E-state index is 12.1. The summed E-state index contributed by atoms with van der Waals surface area (Å²) in [5.74, 6) is -0.229. The van der Waals surface area contributed by atoms with Crippen LogP contribution in [-0.2, 0) is 9.59 Å². The lowest BCUT2D eigenvalue weighted by molar-refractivity contribution is -0.146. The number of amides is 1. The number of hydrogen-bond donors (Lipinski definition) is 1. The standard InChI is InChI=1S/C13H25NO3/c1-6-11(9(2)3)7-12(15)14(10(4)5)8-13(16)17/h9-11H,6-8H2,1-5H3,(H,16,17). The van der Waals surface area contributed by atoms with Gasteiger partial charge in [0.05, 0.1) is 0 Å². The second-order valence-electron chi connectivity index (χ2n) is 5.13. The van der Waals surface area contributed by atoms with Crippen molar-refractivity contribution in [2.75, 3.05) is 6.54 Å². The number of aliphatic carboxylic acids is 1. The van der Waals surface area contributed by atoms with Crippen LogP contribution in [0.4, 0.5) is 0 Å². The van der Waals surface area contributed by atoms with Gasteiger partial charge in [0, 0.05) is 12.5 Å². The molecule has 0 aliphatic rings. The Kier molecular flexibility index (Phi) is 6.85. The monoisotopic (exact) mass is 243 g/mol. The third-order valence-electron chi connectivity index (χ3n) is 3.15. The van der Waals surface area contributed by atoms with Crippen LogP contribution in [0.1, 0.15) is 47.5 Å². The van der Waals surface area contributed by atoms with Gasteiger partial charge >= 0.3 is 5.97 Å². The quantitative estimate of drug-likeness (QED) is 0.747. The minimum atomic E-state index is -0.954. The highest BCUT2D eigenvalue weighted by atomic mass is 16.4. The first-order valence-electron chi connectivity index (χ1n) is 6.30. The molecule has 4 heteroatoms. The minimum Gasteiger partial charge on any atom is -0.480 e. The molecule has 0 bridgehead atoms. The van der Waals surface area contributed by atoms with Crippen LogP contribution in [0, 0.1) is 11.8 Å². The summed E-state index contributed by atoms with van der Waals surface area (Å²) in [6.07, 6.45) is 1.39. The Labute approximate surface area is 104 Å². The Morgan fingerprint density at radius 1 is 1.18 bits per heavy atom. The van der Waals surface area contributed by atoms with Crippen LogP contribution in [-0.4, -0.2) is 34.5 Å². The fraction of sp³-hybridized carbons (Fsp3) is 0.846.